The fraction of sp³-hybridized carbons (Fsp3) is 0.238. The Morgan fingerprint density at radius 3 is 2.28 bits per heavy atom. The summed E-state index contributed by atoms with van der Waals surface area (Å²) in [4.78, 5) is 13.3. The van der Waals surface area contributed by atoms with E-state index < -0.39 is 0 Å². The third-order valence-corrected chi connectivity index (χ3v) is 4.67. The number of aromatic nitrogens is 3. The molecule has 0 saturated heterocycles. The lowest BCUT2D eigenvalue weighted by molar-refractivity contribution is 0.625. The van der Waals surface area contributed by atoms with E-state index in [0.717, 1.165) is 14.7 Å². The van der Waals surface area contributed by atoms with Crippen molar-refractivity contribution in [1.29, 1.82) is 0 Å². The Kier molecular flexibility index (Phi) is 6.97. The zero-order valence-electron chi connectivity index (χ0n) is 16.6. The second kappa shape index (κ2) is 9.64. The van der Waals surface area contributed by atoms with Gasteiger partial charge in [-0.2, -0.15) is 20.1 Å². The van der Waals surface area contributed by atoms with E-state index in [9.17, 15) is 0 Å². The van der Waals surface area contributed by atoms with Gasteiger partial charge in [-0.1, -0.05) is 48.5 Å². The van der Waals surface area contributed by atoms with Crippen LogP contribution in [-0.2, 0) is 6.54 Å². The number of nitrogens with one attached hydrogen (secondary N) is 3. The van der Waals surface area contributed by atoms with Crippen molar-refractivity contribution in [2.75, 3.05) is 16.1 Å². The summed E-state index contributed by atoms with van der Waals surface area (Å²) in [5.41, 5.74) is 4.89. The molecule has 0 fully saturated rings. The second-order valence-electron chi connectivity index (χ2n) is 7.41. The molecule has 0 amide bonds. The molecule has 1 aromatic heterocycles. The van der Waals surface area contributed by atoms with Gasteiger partial charge in [-0.05, 0) is 55.0 Å². The van der Waals surface area contributed by atoms with Gasteiger partial charge in [0, 0.05) is 21.2 Å². The Labute approximate surface area is 184 Å². The van der Waals surface area contributed by atoms with E-state index in [1.54, 1.807) is 6.21 Å². The van der Waals surface area contributed by atoms with E-state index in [1.165, 1.54) is 0 Å². The van der Waals surface area contributed by atoms with Crippen LogP contribution in [0.3, 0.4) is 0 Å². The number of anilines is 3. The van der Waals surface area contributed by atoms with Crippen LogP contribution >= 0.6 is 22.6 Å². The summed E-state index contributed by atoms with van der Waals surface area (Å²) in [6.45, 7) is 6.77. The minimum absolute atomic E-state index is 0.182. The second-order valence-corrected chi connectivity index (χ2v) is 8.57. The molecular formula is C21H24IN7. The summed E-state index contributed by atoms with van der Waals surface area (Å²) >= 11 is 2.28. The Balaban J connectivity index is 1.77. The smallest absolute Gasteiger partial charge is 0.250 e. The zero-order chi connectivity index (χ0) is 20.7. The van der Waals surface area contributed by atoms with Gasteiger partial charge in [-0.15, -0.1) is 0 Å². The Hall–Kier alpha value is -2.75. The highest BCUT2D eigenvalue weighted by atomic mass is 127. The first-order valence-electron chi connectivity index (χ1n) is 9.25. The van der Waals surface area contributed by atoms with Crippen molar-refractivity contribution in [2.45, 2.75) is 32.9 Å². The summed E-state index contributed by atoms with van der Waals surface area (Å²) in [7, 11) is 0. The molecule has 3 rings (SSSR count). The number of hydrogen-bond acceptors (Lipinski definition) is 7. The molecule has 29 heavy (non-hydrogen) atoms. The number of hydrogen-bond donors (Lipinski definition) is 3. The monoisotopic (exact) mass is 501 g/mol. The molecule has 3 aromatic rings. The summed E-state index contributed by atoms with van der Waals surface area (Å²) in [5, 5.41) is 10.8. The quantitative estimate of drug-likeness (QED) is 0.246. The van der Waals surface area contributed by atoms with Crippen molar-refractivity contribution < 1.29 is 0 Å². The molecule has 3 N–H and O–H groups in total. The van der Waals surface area contributed by atoms with Crippen molar-refractivity contribution in [1.82, 2.24) is 15.0 Å². The molecule has 0 atom stereocenters. The van der Waals surface area contributed by atoms with Crippen LogP contribution in [0, 0.1) is 3.57 Å². The van der Waals surface area contributed by atoms with Crippen molar-refractivity contribution in [3.05, 3.63) is 69.3 Å². The predicted molar refractivity (Wildman–Crippen MR) is 127 cm³/mol. The van der Waals surface area contributed by atoms with Crippen molar-refractivity contribution in [3.8, 4) is 0 Å². The maximum absolute atomic E-state index is 4.48. The molecule has 8 heteroatoms. The predicted octanol–water partition coefficient (Wildman–Crippen LogP) is 4.74. The molecular weight excluding hydrogens is 477 g/mol. The lowest BCUT2D eigenvalue weighted by atomic mass is 10.1. The normalized spacial score (nSPS) is 11.4. The van der Waals surface area contributed by atoms with Crippen LogP contribution in [0.5, 0.6) is 0 Å². The van der Waals surface area contributed by atoms with Crippen LogP contribution in [0.1, 0.15) is 31.9 Å². The average Bonchev–Trinajstić information content (AvgIpc) is 2.67. The van der Waals surface area contributed by atoms with Crippen LogP contribution in [0.15, 0.2) is 59.7 Å². The van der Waals surface area contributed by atoms with Gasteiger partial charge < -0.3 is 10.6 Å². The minimum Gasteiger partial charge on any atom is -0.350 e. The van der Waals surface area contributed by atoms with Crippen molar-refractivity contribution in [2.24, 2.45) is 5.10 Å². The molecule has 0 saturated carbocycles. The lowest BCUT2D eigenvalue weighted by Gasteiger charge is -2.20. The molecule has 0 aliphatic heterocycles. The fourth-order valence-corrected chi connectivity index (χ4v) is 2.94. The highest BCUT2D eigenvalue weighted by Crippen LogP contribution is 2.15. The summed E-state index contributed by atoms with van der Waals surface area (Å²) in [6.07, 6.45) is 1.75. The molecule has 0 aliphatic carbocycles. The molecule has 1 heterocycles. The fourth-order valence-electron chi connectivity index (χ4n) is 2.41. The number of hydrazone groups is 1. The van der Waals surface area contributed by atoms with Crippen molar-refractivity contribution in [3.63, 3.8) is 0 Å². The summed E-state index contributed by atoms with van der Waals surface area (Å²) in [5.74, 6) is 1.32. The van der Waals surface area contributed by atoms with Crippen LogP contribution < -0.4 is 16.1 Å². The number of benzene rings is 2. The molecule has 0 aliphatic rings. The lowest BCUT2D eigenvalue weighted by Crippen LogP contribution is -2.28. The van der Waals surface area contributed by atoms with Gasteiger partial charge in [0.2, 0.25) is 17.8 Å². The van der Waals surface area contributed by atoms with Gasteiger partial charge in [0.05, 0.1) is 6.21 Å². The molecule has 0 bridgehead atoms. The number of halogens is 1. The van der Waals surface area contributed by atoms with Gasteiger partial charge in [0.25, 0.3) is 0 Å². The standard InChI is InChI=1S/C21H24IN7/c1-21(2,3)28-19-25-18(23-13-15-9-5-4-6-10-15)26-20(27-19)29-24-14-16-11-7-8-12-17(16)22/h4-12,14H,13H2,1-3H3,(H3,23,25,26,27,28,29)/b24-14-. The molecule has 0 spiro atoms. The Bertz CT molecular complexity index is 968. The highest BCUT2D eigenvalue weighted by Gasteiger charge is 2.14. The van der Waals surface area contributed by atoms with Gasteiger partial charge in [-0.25, -0.2) is 5.43 Å². The van der Waals surface area contributed by atoms with E-state index in [0.29, 0.717) is 24.4 Å². The SMILES string of the molecule is CC(C)(C)Nc1nc(NCc2ccccc2)nc(N/N=C\c2ccccc2I)n1. The first kappa shape index (κ1) is 21.0. The minimum atomic E-state index is -0.182. The van der Waals surface area contributed by atoms with Gasteiger partial charge in [-0.3, -0.25) is 0 Å². The van der Waals surface area contributed by atoms with Gasteiger partial charge >= 0.3 is 0 Å². The Morgan fingerprint density at radius 2 is 1.55 bits per heavy atom. The molecule has 0 radical (unpaired) electrons. The first-order chi connectivity index (χ1) is 13.9. The van der Waals surface area contributed by atoms with E-state index in [4.69, 9.17) is 0 Å². The number of rotatable bonds is 7. The molecule has 150 valence electrons. The van der Waals surface area contributed by atoms with Crippen LogP contribution in [0.25, 0.3) is 0 Å². The van der Waals surface area contributed by atoms with E-state index in [2.05, 4.69) is 79.5 Å². The van der Waals surface area contributed by atoms with Crippen LogP contribution in [0.4, 0.5) is 17.8 Å². The van der Waals surface area contributed by atoms with Crippen LogP contribution in [0.2, 0.25) is 0 Å². The van der Waals surface area contributed by atoms with Crippen molar-refractivity contribution >= 4 is 46.7 Å². The molecule has 0 unspecified atom stereocenters. The van der Waals surface area contributed by atoms with Gasteiger partial charge in [0.1, 0.15) is 0 Å². The topological polar surface area (TPSA) is 87.1 Å². The average molecular weight is 501 g/mol. The maximum Gasteiger partial charge on any atom is 0.250 e. The summed E-state index contributed by atoms with van der Waals surface area (Å²) < 4.78 is 1.12. The largest absolute Gasteiger partial charge is 0.350 e. The van der Waals surface area contributed by atoms with E-state index in [1.807, 2.05) is 54.6 Å². The Morgan fingerprint density at radius 1 is 0.897 bits per heavy atom. The third-order valence-electron chi connectivity index (χ3n) is 3.69. The molecule has 7 nitrogen and oxygen atoms in total. The van der Waals surface area contributed by atoms with Gasteiger partial charge in [0.15, 0.2) is 0 Å². The zero-order valence-corrected chi connectivity index (χ0v) is 18.8. The highest BCUT2D eigenvalue weighted by molar-refractivity contribution is 14.1. The molecule has 2 aromatic carbocycles. The summed E-state index contributed by atoms with van der Waals surface area (Å²) in [6, 6.07) is 18.1. The van der Waals surface area contributed by atoms with Crippen LogP contribution in [-0.4, -0.2) is 26.7 Å². The number of nitrogens with zero attached hydrogens (tertiary/aromatic N) is 4. The third kappa shape index (κ3) is 6.97. The maximum atomic E-state index is 4.48. The van der Waals surface area contributed by atoms with E-state index in [-0.39, 0.29) is 5.54 Å². The first-order valence-corrected chi connectivity index (χ1v) is 10.3. The van der Waals surface area contributed by atoms with E-state index >= 15 is 0 Å².